The van der Waals surface area contributed by atoms with Crippen LogP contribution < -0.4 is 10.6 Å². The van der Waals surface area contributed by atoms with Gasteiger partial charge in [-0.25, -0.2) is 0 Å². The Hall–Kier alpha value is -1.06. The third kappa shape index (κ3) is 2.25. The minimum atomic E-state index is -0.427. The molecular weight excluding hydrogens is 248 g/mol. The predicted molar refractivity (Wildman–Crippen MR) is 73.9 cm³/mol. The number of carbonyl (C=O) groups is 1. The zero-order valence-electron chi connectivity index (χ0n) is 11.0. The van der Waals surface area contributed by atoms with Crippen LogP contribution in [0.1, 0.15) is 25.8 Å². The molecule has 1 fully saturated rings. The van der Waals surface area contributed by atoms with Gasteiger partial charge >= 0.3 is 0 Å². The summed E-state index contributed by atoms with van der Waals surface area (Å²) in [6, 6.07) is 8.14. The smallest absolute Gasteiger partial charge is 0.232 e. The molecular formula is C14H19ClN2O. The van der Waals surface area contributed by atoms with E-state index in [0.717, 1.165) is 12.0 Å². The molecule has 0 aliphatic heterocycles. The Morgan fingerprint density at radius 1 is 1.39 bits per heavy atom. The fourth-order valence-electron chi connectivity index (χ4n) is 2.54. The lowest BCUT2D eigenvalue weighted by Gasteiger charge is -2.18. The largest absolute Gasteiger partial charge is 0.358 e. The lowest BCUT2D eigenvalue weighted by Crippen LogP contribution is -2.40. The minimum absolute atomic E-state index is 0.0722. The number of likely N-dealkylation sites (N-methyl/N-ethyl adjacent to an activating group) is 1. The lowest BCUT2D eigenvalue weighted by atomic mass is 9.94. The summed E-state index contributed by atoms with van der Waals surface area (Å²) in [5.74, 6) is 0.0722. The second-order valence-corrected chi connectivity index (χ2v) is 5.57. The molecule has 1 aliphatic carbocycles. The average Bonchev–Trinajstić information content (AvgIpc) is 3.03. The van der Waals surface area contributed by atoms with E-state index < -0.39 is 5.41 Å². The van der Waals surface area contributed by atoms with Crippen molar-refractivity contribution in [2.24, 2.45) is 0 Å². The van der Waals surface area contributed by atoms with Crippen LogP contribution in [0.5, 0.6) is 0 Å². The standard InChI is InChI=1S/C14H19ClN2O/c1-9(2)17-12-8-14(12,13(18)16-3)10-4-6-11(15)7-5-10/h4-7,9,12,17H,8H2,1-3H3,(H,16,18). The van der Waals surface area contributed by atoms with Crippen molar-refractivity contribution in [2.75, 3.05) is 7.05 Å². The van der Waals surface area contributed by atoms with Crippen molar-refractivity contribution in [3.05, 3.63) is 34.9 Å². The van der Waals surface area contributed by atoms with Crippen LogP contribution in [0.2, 0.25) is 5.02 Å². The zero-order valence-corrected chi connectivity index (χ0v) is 11.7. The van der Waals surface area contributed by atoms with Crippen LogP contribution in [0.3, 0.4) is 0 Å². The molecule has 0 heterocycles. The van der Waals surface area contributed by atoms with Crippen LogP contribution in [0.4, 0.5) is 0 Å². The fraction of sp³-hybridized carbons (Fsp3) is 0.500. The van der Waals surface area contributed by atoms with Gasteiger partial charge < -0.3 is 10.6 Å². The third-order valence-corrected chi connectivity index (χ3v) is 3.74. The van der Waals surface area contributed by atoms with Gasteiger partial charge in [0.05, 0.1) is 5.41 Å². The van der Waals surface area contributed by atoms with Crippen LogP contribution in [0.25, 0.3) is 0 Å². The van der Waals surface area contributed by atoms with Gasteiger partial charge in [0.1, 0.15) is 0 Å². The molecule has 2 N–H and O–H groups in total. The van der Waals surface area contributed by atoms with Crippen LogP contribution in [0.15, 0.2) is 24.3 Å². The summed E-state index contributed by atoms with van der Waals surface area (Å²) in [6.07, 6.45) is 0.840. The number of hydrogen-bond acceptors (Lipinski definition) is 2. The van der Waals surface area contributed by atoms with Crippen LogP contribution in [0, 0.1) is 0 Å². The van der Waals surface area contributed by atoms with Crippen LogP contribution >= 0.6 is 11.6 Å². The van der Waals surface area contributed by atoms with Crippen LogP contribution in [-0.2, 0) is 10.2 Å². The Kier molecular flexibility index (Phi) is 3.64. The van der Waals surface area contributed by atoms with Gasteiger partial charge in [-0.3, -0.25) is 4.79 Å². The number of nitrogens with one attached hydrogen (secondary N) is 2. The highest BCUT2D eigenvalue weighted by Crippen LogP contribution is 2.49. The summed E-state index contributed by atoms with van der Waals surface area (Å²) < 4.78 is 0. The second-order valence-electron chi connectivity index (χ2n) is 5.14. The van der Waals surface area contributed by atoms with Gasteiger partial charge in [-0.2, -0.15) is 0 Å². The van der Waals surface area contributed by atoms with E-state index >= 15 is 0 Å². The van der Waals surface area contributed by atoms with Crippen molar-refractivity contribution < 1.29 is 4.79 Å². The Labute approximate surface area is 113 Å². The maximum absolute atomic E-state index is 12.2. The first-order chi connectivity index (χ1) is 8.50. The molecule has 2 rings (SSSR count). The van der Waals surface area contributed by atoms with E-state index in [2.05, 4.69) is 24.5 Å². The van der Waals surface area contributed by atoms with Crippen LogP contribution in [-0.4, -0.2) is 25.0 Å². The van der Waals surface area contributed by atoms with Crippen molar-refractivity contribution in [2.45, 2.75) is 37.8 Å². The highest BCUT2D eigenvalue weighted by atomic mass is 35.5. The predicted octanol–water partition coefficient (Wildman–Crippen LogP) is 2.09. The molecule has 18 heavy (non-hydrogen) atoms. The van der Waals surface area contributed by atoms with Crippen molar-refractivity contribution >= 4 is 17.5 Å². The highest BCUT2D eigenvalue weighted by molar-refractivity contribution is 6.30. The van der Waals surface area contributed by atoms with Gasteiger partial charge in [0.15, 0.2) is 0 Å². The quantitative estimate of drug-likeness (QED) is 0.876. The zero-order chi connectivity index (χ0) is 13.3. The van der Waals surface area contributed by atoms with Gasteiger partial charge in [0.25, 0.3) is 0 Å². The summed E-state index contributed by atoms with van der Waals surface area (Å²) in [7, 11) is 1.69. The molecule has 0 bridgehead atoms. The Balaban J connectivity index is 2.28. The lowest BCUT2D eigenvalue weighted by molar-refractivity contribution is -0.123. The summed E-state index contributed by atoms with van der Waals surface area (Å²) in [4.78, 5) is 12.2. The summed E-state index contributed by atoms with van der Waals surface area (Å²) in [5, 5.41) is 6.91. The van der Waals surface area contributed by atoms with E-state index in [0.29, 0.717) is 11.1 Å². The molecule has 2 atom stereocenters. The third-order valence-electron chi connectivity index (χ3n) is 3.49. The van der Waals surface area contributed by atoms with Gasteiger partial charge in [0, 0.05) is 24.2 Å². The first kappa shape index (κ1) is 13.4. The summed E-state index contributed by atoms with van der Waals surface area (Å²) in [6.45, 7) is 4.18. The molecule has 1 amide bonds. The molecule has 0 aromatic heterocycles. The number of hydrogen-bond donors (Lipinski definition) is 2. The van der Waals surface area contributed by atoms with Crippen molar-refractivity contribution in [3.63, 3.8) is 0 Å². The van der Waals surface area contributed by atoms with Crippen molar-refractivity contribution in [3.8, 4) is 0 Å². The van der Waals surface area contributed by atoms with Crippen molar-refractivity contribution in [1.82, 2.24) is 10.6 Å². The molecule has 0 spiro atoms. The Morgan fingerprint density at radius 2 is 2.00 bits per heavy atom. The SMILES string of the molecule is CNC(=O)C1(c2ccc(Cl)cc2)CC1NC(C)C. The van der Waals surface area contributed by atoms with E-state index in [1.807, 2.05) is 24.3 Å². The van der Waals surface area contributed by atoms with E-state index in [1.54, 1.807) is 7.05 Å². The number of amides is 1. The van der Waals surface area contributed by atoms with Gasteiger partial charge in [0.2, 0.25) is 5.91 Å². The molecule has 2 unspecified atom stereocenters. The molecule has 98 valence electrons. The van der Waals surface area contributed by atoms with Gasteiger partial charge in [-0.1, -0.05) is 37.6 Å². The number of rotatable bonds is 4. The average molecular weight is 267 g/mol. The summed E-state index contributed by atoms with van der Waals surface area (Å²) in [5.41, 5.74) is 0.605. The van der Waals surface area contributed by atoms with Gasteiger partial charge in [-0.15, -0.1) is 0 Å². The van der Waals surface area contributed by atoms with Crippen molar-refractivity contribution in [1.29, 1.82) is 0 Å². The van der Waals surface area contributed by atoms with E-state index in [-0.39, 0.29) is 11.9 Å². The maximum Gasteiger partial charge on any atom is 0.232 e. The summed E-state index contributed by atoms with van der Waals surface area (Å²) >= 11 is 5.90. The monoisotopic (exact) mass is 266 g/mol. The van der Waals surface area contributed by atoms with Gasteiger partial charge in [-0.05, 0) is 24.1 Å². The number of benzene rings is 1. The topological polar surface area (TPSA) is 41.1 Å². The fourth-order valence-corrected chi connectivity index (χ4v) is 2.66. The number of carbonyl (C=O) groups excluding carboxylic acids is 1. The molecule has 0 radical (unpaired) electrons. The maximum atomic E-state index is 12.2. The first-order valence-electron chi connectivity index (χ1n) is 6.25. The molecule has 0 saturated heterocycles. The molecule has 1 aliphatic rings. The molecule has 3 nitrogen and oxygen atoms in total. The normalized spacial score (nSPS) is 26.2. The first-order valence-corrected chi connectivity index (χ1v) is 6.62. The Bertz CT molecular complexity index is 444. The second kappa shape index (κ2) is 4.90. The van der Waals surface area contributed by atoms with E-state index in [4.69, 9.17) is 11.6 Å². The minimum Gasteiger partial charge on any atom is -0.358 e. The van der Waals surface area contributed by atoms with E-state index in [1.165, 1.54) is 0 Å². The number of halogens is 1. The molecule has 1 aromatic rings. The Morgan fingerprint density at radius 3 is 2.50 bits per heavy atom. The molecule has 1 saturated carbocycles. The molecule has 1 aromatic carbocycles. The molecule has 4 heteroatoms. The highest BCUT2D eigenvalue weighted by Gasteiger charge is 2.60. The van der Waals surface area contributed by atoms with E-state index in [9.17, 15) is 4.79 Å².